The standard InChI is InChI=1S/C35H44N8O4/c1-21(2)33(45)40-16-14-24(15-17-40)29-18-27(30-31(36)37-20-38-43(29)30)23-10-12-25(13-11-23)39-32(44)28-19-41(22(3)4)35(47)42(34(28)46)26-8-6-5-7-9-26/h10-13,18-22,24,26,28H,5-9,14-17H2,1-4H3,(H2-,36,37,38,39,44)/p+1. The number of anilines is 2. The molecule has 0 spiro atoms. The van der Waals surface area contributed by atoms with E-state index in [0.29, 0.717) is 30.1 Å². The second-order valence-corrected chi connectivity index (χ2v) is 13.6. The zero-order chi connectivity index (χ0) is 33.4. The number of nitrogens with zero attached hydrogens (tertiary/aromatic N) is 6. The van der Waals surface area contributed by atoms with Gasteiger partial charge in [-0.2, -0.15) is 19.4 Å². The van der Waals surface area contributed by atoms with Crippen molar-refractivity contribution in [2.75, 3.05) is 24.1 Å². The number of fused-ring (bicyclic) bond motifs is 1. The Morgan fingerprint density at radius 3 is 2.30 bits per heavy atom. The summed E-state index contributed by atoms with van der Waals surface area (Å²) in [5.74, 6) is -1.31. The van der Waals surface area contributed by atoms with Crippen LogP contribution in [0.1, 0.15) is 84.3 Å². The van der Waals surface area contributed by atoms with E-state index < -0.39 is 17.7 Å². The fourth-order valence-electron chi connectivity index (χ4n) is 7.22. The lowest BCUT2D eigenvalue weighted by Gasteiger charge is -2.33. The number of likely N-dealkylation sites (tertiary alicyclic amines) is 1. The van der Waals surface area contributed by atoms with Crippen LogP contribution >= 0.6 is 0 Å². The lowest BCUT2D eigenvalue weighted by Crippen LogP contribution is -2.59. The van der Waals surface area contributed by atoms with Crippen LogP contribution < -0.4 is 11.1 Å². The number of rotatable bonds is 7. The molecule has 0 radical (unpaired) electrons. The molecule has 4 heterocycles. The number of hydrogen-bond donors (Lipinski definition) is 2. The number of benzene rings is 1. The van der Waals surface area contributed by atoms with Crippen molar-refractivity contribution in [1.29, 1.82) is 0 Å². The number of carbonyl (C=O) groups excluding carboxylic acids is 4. The second-order valence-electron chi connectivity index (χ2n) is 13.6. The van der Waals surface area contributed by atoms with Gasteiger partial charge in [-0.15, -0.1) is 0 Å². The van der Waals surface area contributed by atoms with Gasteiger partial charge < -0.3 is 16.0 Å². The zero-order valence-corrected chi connectivity index (χ0v) is 27.7. The topological polar surface area (TPSA) is 146 Å². The molecule has 12 nitrogen and oxygen atoms in total. The van der Waals surface area contributed by atoms with E-state index in [-0.39, 0.29) is 35.9 Å². The first-order chi connectivity index (χ1) is 22.5. The highest BCUT2D eigenvalue weighted by Crippen LogP contribution is 2.37. The van der Waals surface area contributed by atoms with Crippen molar-refractivity contribution in [1.82, 2.24) is 24.4 Å². The van der Waals surface area contributed by atoms with Crippen LogP contribution in [0.5, 0.6) is 0 Å². The van der Waals surface area contributed by atoms with E-state index in [1.807, 2.05) is 49.2 Å². The average molecular weight is 642 g/mol. The Hall–Kier alpha value is -4.61. The normalized spacial score (nSPS) is 20.0. The van der Waals surface area contributed by atoms with Crippen LogP contribution in [0.25, 0.3) is 16.6 Å². The maximum Gasteiger partial charge on any atom is 0.500 e. The summed E-state index contributed by atoms with van der Waals surface area (Å²) in [7, 11) is 0. The molecule has 6 rings (SSSR count). The molecule has 1 atom stereocenters. The van der Waals surface area contributed by atoms with Gasteiger partial charge in [-0.25, -0.2) is 14.3 Å². The van der Waals surface area contributed by atoms with Gasteiger partial charge in [0.2, 0.25) is 11.8 Å². The average Bonchev–Trinajstić information content (AvgIpc) is 3.46. The molecule has 1 aliphatic carbocycles. The van der Waals surface area contributed by atoms with E-state index in [4.69, 9.17) is 5.73 Å². The van der Waals surface area contributed by atoms with Gasteiger partial charge in [0.1, 0.15) is 17.9 Å². The van der Waals surface area contributed by atoms with E-state index in [0.717, 1.165) is 61.8 Å². The number of nitrogen functional groups attached to an aromatic ring is 1. The quantitative estimate of drug-likeness (QED) is 0.281. The minimum Gasteiger partial charge on any atom is -0.382 e. The minimum atomic E-state index is -1.10. The minimum absolute atomic E-state index is 0.0240. The van der Waals surface area contributed by atoms with Gasteiger partial charge in [0.15, 0.2) is 11.7 Å². The number of amides is 5. The monoisotopic (exact) mass is 641 g/mol. The summed E-state index contributed by atoms with van der Waals surface area (Å²) in [5, 5.41) is 7.45. The van der Waals surface area contributed by atoms with Crippen LogP contribution in [-0.4, -0.2) is 84.1 Å². The Morgan fingerprint density at radius 1 is 0.979 bits per heavy atom. The lowest BCUT2D eigenvalue weighted by molar-refractivity contribution is -0.470. The van der Waals surface area contributed by atoms with Crippen molar-refractivity contribution in [2.45, 2.75) is 90.6 Å². The maximum atomic E-state index is 13.6. The fourth-order valence-corrected chi connectivity index (χ4v) is 7.22. The van der Waals surface area contributed by atoms with Gasteiger partial charge in [0, 0.05) is 41.9 Å². The van der Waals surface area contributed by atoms with Gasteiger partial charge in [-0.3, -0.25) is 9.59 Å². The molecule has 2 fully saturated rings. The predicted octanol–water partition coefficient (Wildman–Crippen LogP) is 4.68. The Labute approximate surface area is 275 Å². The van der Waals surface area contributed by atoms with E-state index in [9.17, 15) is 19.2 Å². The molecule has 3 aromatic rings. The molecule has 2 aliphatic heterocycles. The van der Waals surface area contributed by atoms with Crippen LogP contribution in [0, 0.1) is 11.8 Å². The van der Waals surface area contributed by atoms with Crippen molar-refractivity contribution in [2.24, 2.45) is 11.8 Å². The summed E-state index contributed by atoms with van der Waals surface area (Å²) >= 11 is 0. The molecule has 3 N–H and O–H groups in total. The third-order valence-corrected chi connectivity index (χ3v) is 9.81. The Kier molecular flexibility index (Phi) is 9.11. The third-order valence-electron chi connectivity index (χ3n) is 9.81. The third kappa shape index (κ3) is 6.25. The van der Waals surface area contributed by atoms with Crippen LogP contribution in [0.15, 0.2) is 36.7 Å². The molecular formula is C35H45N8O4+. The summed E-state index contributed by atoms with van der Waals surface area (Å²) in [4.78, 5) is 60.5. The van der Waals surface area contributed by atoms with Gasteiger partial charge >= 0.3 is 11.9 Å². The van der Waals surface area contributed by atoms with Crippen LogP contribution in [0.3, 0.4) is 0 Å². The van der Waals surface area contributed by atoms with Gasteiger partial charge in [-0.1, -0.05) is 32.4 Å². The Balaban J connectivity index is 1.22. The molecule has 0 bridgehead atoms. The fraction of sp³-hybridized carbons (Fsp3) is 0.514. The van der Waals surface area contributed by atoms with Crippen molar-refractivity contribution < 1.29 is 23.8 Å². The van der Waals surface area contributed by atoms with Crippen molar-refractivity contribution in [3.8, 4) is 11.1 Å². The number of hydrogen-bond acceptors (Lipinski definition) is 7. The van der Waals surface area contributed by atoms with Crippen LogP contribution in [0.4, 0.5) is 16.3 Å². The maximum absolute atomic E-state index is 13.6. The van der Waals surface area contributed by atoms with Crippen LogP contribution in [-0.2, 0) is 14.4 Å². The largest absolute Gasteiger partial charge is 0.500 e. The van der Waals surface area contributed by atoms with Gasteiger partial charge in [0.05, 0.1) is 12.3 Å². The highest BCUT2D eigenvalue weighted by Gasteiger charge is 2.50. The highest BCUT2D eigenvalue weighted by molar-refractivity contribution is 6.20. The molecule has 3 aliphatic rings. The smallest absolute Gasteiger partial charge is 0.382 e. The number of nitrogens with one attached hydrogen (secondary N) is 1. The van der Waals surface area contributed by atoms with E-state index >= 15 is 0 Å². The molecule has 1 saturated heterocycles. The SMILES string of the molecule is CC(C)C(=O)N1CCC(c2cc(-c3ccc(NC(=O)C4C=[N+](C(C)C)C(=O)N(C5CCCCC5)C4=O)cc3)c3c(N)ncnn23)CC1. The number of imide groups is 1. The number of carbonyl (C=O) groups is 4. The van der Waals surface area contributed by atoms with Gasteiger partial charge in [0.25, 0.3) is 0 Å². The van der Waals surface area contributed by atoms with Crippen LogP contribution in [0.2, 0.25) is 0 Å². The summed E-state index contributed by atoms with van der Waals surface area (Å²) < 4.78 is 3.37. The number of nitrogens with two attached hydrogens (primary N) is 1. The number of urea groups is 1. The molecule has 1 aromatic carbocycles. The van der Waals surface area contributed by atoms with Crippen molar-refractivity contribution >= 4 is 47.0 Å². The molecule has 1 saturated carbocycles. The number of aromatic nitrogens is 3. The van der Waals surface area contributed by atoms with Crippen molar-refractivity contribution in [3.63, 3.8) is 0 Å². The molecular weight excluding hydrogens is 596 g/mol. The molecule has 5 amide bonds. The first-order valence-corrected chi connectivity index (χ1v) is 16.9. The first-order valence-electron chi connectivity index (χ1n) is 16.9. The Morgan fingerprint density at radius 2 is 1.66 bits per heavy atom. The van der Waals surface area contributed by atoms with Crippen molar-refractivity contribution in [3.05, 3.63) is 42.4 Å². The molecule has 248 valence electrons. The first kappa shape index (κ1) is 32.3. The second kappa shape index (κ2) is 13.2. The van der Waals surface area contributed by atoms with E-state index in [1.54, 1.807) is 12.1 Å². The summed E-state index contributed by atoms with van der Waals surface area (Å²) in [6, 6.07) is 8.78. The summed E-state index contributed by atoms with van der Waals surface area (Å²) in [5.41, 5.74) is 10.4. The zero-order valence-electron chi connectivity index (χ0n) is 27.7. The van der Waals surface area contributed by atoms with E-state index in [1.165, 1.54) is 22.0 Å². The van der Waals surface area contributed by atoms with E-state index in [2.05, 4.69) is 21.5 Å². The summed E-state index contributed by atoms with van der Waals surface area (Å²) in [6.07, 6.45) is 9.13. The predicted molar refractivity (Wildman–Crippen MR) is 179 cm³/mol. The Bertz CT molecular complexity index is 1710. The molecule has 47 heavy (non-hydrogen) atoms. The van der Waals surface area contributed by atoms with Gasteiger partial charge in [-0.05, 0) is 76.1 Å². The molecule has 2 aromatic heterocycles. The molecule has 12 heteroatoms. The number of piperidine rings is 1. The summed E-state index contributed by atoms with van der Waals surface area (Å²) in [6.45, 7) is 9.01. The lowest BCUT2D eigenvalue weighted by atomic mass is 9.92. The molecule has 1 unspecified atom stereocenters. The highest BCUT2D eigenvalue weighted by atomic mass is 16.2.